The summed E-state index contributed by atoms with van der Waals surface area (Å²) in [6.07, 6.45) is 0. The highest BCUT2D eigenvalue weighted by Gasteiger charge is 2.23. The molecule has 0 aliphatic carbocycles. The molecule has 1 rings (SSSR count). The minimum Gasteiger partial charge on any atom is -0.469 e. The number of hydrogen-bond donors (Lipinski definition) is 0. The summed E-state index contributed by atoms with van der Waals surface area (Å²) in [6, 6.07) is 5.41. The van der Waals surface area contributed by atoms with Crippen molar-refractivity contribution < 1.29 is 22.9 Å². The minimum atomic E-state index is -3.55. The van der Waals surface area contributed by atoms with Gasteiger partial charge >= 0.3 is 5.97 Å². The summed E-state index contributed by atoms with van der Waals surface area (Å²) < 4.78 is 28.3. The molecular weight excluding hydrogens is 286 g/mol. The van der Waals surface area contributed by atoms with E-state index in [1.165, 1.54) is 38.3 Å². The van der Waals surface area contributed by atoms with Crippen molar-refractivity contribution in [2.24, 2.45) is 5.92 Å². The Morgan fingerprint density at radius 2 is 2.10 bits per heavy atom. The summed E-state index contributed by atoms with van der Waals surface area (Å²) in [6.45, 7) is 1.46. The number of benzene rings is 1. The van der Waals surface area contributed by atoms with Crippen molar-refractivity contribution in [2.45, 2.75) is 12.7 Å². The molecule has 0 N–H and O–H groups in total. The van der Waals surface area contributed by atoms with Gasteiger partial charge in [-0.05, 0) is 5.56 Å². The molecule has 0 heterocycles. The van der Waals surface area contributed by atoms with Gasteiger partial charge in [-0.25, -0.2) is 8.42 Å². The van der Waals surface area contributed by atoms with E-state index in [-0.39, 0.29) is 17.2 Å². The Bertz CT molecular complexity index is 610. The molecule has 7 nitrogen and oxygen atoms in total. The van der Waals surface area contributed by atoms with E-state index in [0.29, 0.717) is 5.56 Å². The van der Waals surface area contributed by atoms with Gasteiger partial charge in [-0.1, -0.05) is 19.1 Å². The van der Waals surface area contributed by atoms with Crippen molar-refractivity contribution in [3.63, 3.8) is 0 Å². The lowest BCUT2D eigenvalue weighted by molar-refractivity contribution is -0.384. The summed E-state index contributed by atoms with van der Waals surface area (Å²) in [5.41, 5.74) is 0.148. The lowest BCUT2D eigenvalue weighted by Gasteiger charge is -2.09. The first-order valence-corrected chi connectivity index (χ1v) is 7.59. The molecule has 110 valence electrons. The van der Waals surface area contributed by atoms with Crippen LogP contribution in [0.1, 0.15) is 12.5 Å². The van der Waals surface area contributed by atoms with E-state index in [0.717, 1.165) is 0 Å². The van der Waals surface area contributed by atoms with Gasteiger partial charge in [0.25, 0.3) is 5.69 Å². The van der Waals surface area contributed by atoms with Crippen LogP contribution < -0.4 is 0 Å². The van der Waals surface area contributed by atoms with E-state index in [1.54, 1.807) is 0 Å². The number of nitro benzene ring substituents is 1. The van der Waals surface area contributed by atoms with E-state index in [1.807, 2.05) is 0 Å². The van der Waals surface area contributed by atoms with E-state index in [4.69, 9.17) is 0 Å². The number of carbonyl (C=O) groups excluding carboxylic acids is 1. The van der Waals surface area contributed by atoms with E-state index < -0.39 is 26.6 Å². The molecular formula is C12H15NO6S. The molecule has 0 radical (unpaired) electrons. The number of nitro groups is 1. The van der Waals surface area contributed by atoms with E-state index in [2.05, 4.69) is 4.74 Å². The number of ether oxygens (including phenoxy) is 1. The van der Waals surface area contributed by atoms with Crippen LogP contribution in [0.15, 0.2) is 24.3 Å². The van der Waals surface area contributed by atoms with Crippen LogP contribution in [-0.4, -0.2) is 32.2 Å². The first kappa shape index (κ1) is 16.1. The summed E-state index contributed by atoms with van der Waals surface area (Å²) in [7, 11) is -2.37. The Kier molecular flexibility index (Phi) is 5.20. The van der Waals surface area contributed by atoms with Crippen LogP contribution >= 0.6 is 0 Å². The van der Waals surface area contributed by atoms with Gasteiger partial charge in [0, 0.05) is 12.1 Å². The maximum Gasteiger partial charge on any atom is 0.309 e. The zero-order valence-corrected chi connectivity index (χ0v) is 11.9. The summed E-state index contributed by atoms with van der Waals surface area (Å²) in [4.78, 5) is 21.2. The Morgan fingerprint density at radius 3 is 2.65 bits per heavy atom. The smallest absolute Gasteiger partial charge is 0.309 e. The van der Waals surface area contributed by atoms with Crippen LogP contribution in [0, 0.1) is 16.0 Å². The SMILES string of the molecule is COC(=O)C(C)CS(=O)(=O)Cc1cccc([N+](=O)[O-])c1. The third-order valence-electron chi connectivity index (χ3n) is 2.62. The number of hydrogen-bond acceptors (Lipinski definition) is 6. The summed E-state index contributed by atoms with van der Waals surface area (Å²) in [5.74, 6) is -2.09. The van der Waals surface area contributed by atoms with Crippen molar-refractivity contribution >= 4 is 21.5 Å². The lowest BCUT2D eigenvalue weighted by atomic mass is 10.2. The zero-order valence-electron chi connectivity index (χ0n) is 11.1. The standard InChI is InChI=1S/C12H15NO6S/c1-9(12(14)19-2)7-20(17,18)8-10-4-3-5-11(6-10)13(15)16/h3-6,9H,7-8H2,1-2H3. The van der Waals surface area contributed by atoms with Gasteiger partial charge < -0.3 is 4.74 Å². The fourth-order valence-corrected chi connectivity index (χ4v) is 3.43. The maximum atomic E-state index is 11.9. The molecule has 8 heteroatoms. The highest BCUT2D eigenvalue weighted by molar-refractivity contribution is 7.90. The highest BCUT2D eigenvalue weighted by Crippen LogP contribution is 2.16. The number of carbonyl (C=O) groups is 1. The first-order valence-electron chi connectivity index (χ1n) is 5.77. The van der Waals surface area contributed by atoms with Gasteiger partial charge in [0.15, 0.2) is 9.84 Å². The molecule has 0 fully saturated rings. The molecule has 0 saturated heterocycles. The van der Waals surface area contributed by atoms with Crippen LogP contribution in [-0.2, 0) is 25.1 Å². The Hall–Kier alpha value is -1.96. The van der Waals surface area contributed by atoms with E-state index >= 15 is 0 Å². The molecule has 1 aromatic carbocycles. The van der Waals surface area contributed by atoms with Crippen molar-refractivity contribution in [3.05, 3.63) is 39.9 Å². The van der Waals surface area contributed by atoms with Crippen LogP contribution in [0.3, 0.4) is 0 Å². The normalized spacial score (nSPS) is 12.7. The van der Waals surface area contributed by atoms with Gasteiger partial charge in [0.2, 0.25) is 0 Å². The summed E-state index contributed by atoms with van der Waals surface area (Å²) in [5, 5.41) is 10.6. The fraction of sp³-hybridized carbons (Fsp3) is 0.417. The Labute approximate surface area is 116 Å². The van der Waals surface area contributed by atoms with Crippen molar-refractivity contribution in [1.29, 1.82) is 0 Å². The van der Waals surface area contributed by atoms with Crippen molar-refractivity contribution in [2.75, 3.05) is 12.9 Å². The average molecular weight is 301 g/mol. The molecule has 0 aliphatic heterocycles. The maximum absolute atomic E-state index is 11.9. The Balaban J connectivity index is 2.83. The summed E-state index contributed by atoms with van der Waals surface area (Å²) >= 11 is 0. The molecule has 0 saturated carbocycles. The second-order valence-electron chi connectivity index (χ2n) is 4.41. The number of sulfone groups is 1. The molecule has 1 aromatic rings. The molecule has 0 spiro atoms. The number of esters is 1. The highest BCUT2D eigenvalue weighted by atomic mass is 32.2. The number of methoxy groups -OCH3 is 1. The third-order valence-corrected chi connectivity index (χ3v) is 4.40. The molecule has 0 bridgehead atoms. The second kappa shape index (κ2) is 6.47. The molecule has 0 amide bonds. The molecule has 0 aliphatic rings. The molecule has 1 unspecified atom stereocenters. The van der Waals surface area contributed by atoms with Gasteiger partial charge in [-0.3, -0.25) is 14.9 Å². The fourth-order valence-electron chi connectivity index (χ4n) is 1.72. The predicted molar refractivity (Wildman–Crippen MR) is 71.8 cm³/mol. The third kappa shape index (κ3) is 4.61. The van der Waals surface area contributed by atoms with Crippen LogP contribution in [0.4, 0.5) is 5.69 Å². The lowest BCUT2D eigenvalue weighted by Crippen LogP contribution is -2.23. The van der Waals surface area contributed by atoms with Gasteiger partial charge in [0.05, 0.1) is 29.5 Å². The average Bonchev–Trinajstić information content (AvgIpc) is 2.36. The Morgan fingerprint density at radius 1 is 1.45 bits per heavy atom. The molecule has 20 heavy (non-hydrogen) atoms. The first-order chi connectivity index (χ1) is 9.25. The van der Waals surface area contributed by atoms with Gasteiger partial charge in [0.1, 0.15) is 0 Å². The van der Waals surface area contributed by atoms with Gasteiger partial charge in [-0.15, -0.1) is 0 Å². The van der Waals surface area contributed by atoms with E-state index in [9.17, 15) is 23.3 Å². The number of non-ortho nitro benzene ring substituents is 1. The minimum absolute atomic E-state index is 0.168. The largest absolute Gasteiger partial charge is 0.469 e. The van der Waals surface area contributed by atoms with Gasteiger partial charge in [-0.2, -0.15) is 0 Å². The molecule has 1 atom stereocenters. The predicted octanol–water partition coefficient (Wildman–Crippen LogP) is 1.32. The molecule has 0 aromatic heterocycles. The van der Waals surface area contributed by atoms with Crippen LogP contribution in [0.5, 0.6) is 0 Å². The van der Waals surface area contributed by atoms with Crippen molar-refractivity contribution in [3.8, 4) is 0 Å². The number of nitrogens with zero attached hydrogens (tertiary/aromatic N) is 1. The second-order valence-corrected chi connectivity index (χ2v) is 6.51. The topological polar surface area (TPSA) is 104 Å². The number of rotatable bonds is 6. The quantitative estimate of drug-likeness (QED) is 0.446. The zero-order chi connectivity index (χ0) is 15.3. The van der Waals surface area contributed by atoms with Crippen LogP contribution in [0.2, 0.25) is 0 Å². The van der Waals surface area contributed by atoms with Crippen LogP contribution in [0.25, 0.3) is 0 Å². The monoisotopic (exact) mass is 301 g/mol. The van der Waals surface area contributed by atoms with Crippen molar-refractivity contribution in [1.82, 2.24) is 0 Å².